The average molecular weight is 332 g/mol. The van der Waals surface area contributed by atoms with Crippen LogP contribution in [0.2, 0.25) is 0 Å². The van der Waals surface area contributed by atoms with Gasteiger partial charge in [-0.2, -0.15) is 0 Å². The van der Waals surface area contributed by atoms with Crippen LogP contribution in [0.4, 0.5) is 0 Å². The van der Waals surface area contributed by atoms with Gasteiger partial charge in [0.2, 0.25) is 5.91 Å². The average Bonchev–Trinajstić information content (AvgIpc) is 3.21. The van der Waals surface area contributed by atoms with Gasteiger partial charge >= 0.3 is 0 Å². The maximum atomic E-state index is 12.0. The first-order valence-electron chi connectivity index (χ1n) is 7.72. The summed E-state index contributed by atoms with van der Waals surface area (Å²) in [4.78, 5) is 12.0. The van der Waals surface area contributed by atoms with Crippen LogP contribution in [-0.4, -0.2) is 45.7 Å². The zero-order valence-electron chi connectivity index (χ0n) is 13.1. The molecule has 1 fully saturated rings. The molecule has 1 amide bonds. The SMILES string of the molecule is Cc1nnc(SCC(=O)NC[C@@H]2CCCO2)n1-c1ccccc1. The highest BCUT2D eigenvalue weighted by Crippen LogP contribution is 2.21. The number of amides is 1. The number of para-hydroxylation sites is 1. The van der Waals surface area contributed by atoms with Gasteiger partial charge in [-0.05, 0) is 31.9 Å². The van der Waals surface area contributed by atoms with Crippen molar-refractivity contribution in [3.05, 3.63) is 36.2 Å². The lowest BCUT2D eigenvalue weighted by Gasteiger charge is -2.11. The number of hydrogen-bond acceptors (Lipinski definition) is 5. The molecule has 0 radical (unpaired) electrons. The fourth-order valence-corrected chi connectivity index (χ4v) is 3.35. The second-order valence-electron chi connectivity index (χ2n) is 5.43. The Balaban J connectivity index is 1.57. The molecule has 0 spiro atoms. The normalized spacial score (nSPS) is 17.3. The molecule has 0 bridgehead atoms. The van der Waals surface area contributed by atoms with E-state index in [9.17, 15) is 4.79 Å². The van der Waals surface area contributed by atoms with E-state index in [4.69, 9.17) is 4.74 Å². The van der Waals surface area contributed by atoms with E-state index in [2.05, 4.69) is 15.5 Å². The highest BCUT2D eigenvalue weighted by molar-refractivity contribution is 7.99. The third kappa shape index (κ3) is 4.11. The molecule has 1 N–H and O–H groups in total. The summed E-state index contributed by atoms with van der Waals surface area (Å²) in [7, 11) is 0. The molecule has 23 heavy (non-hydrogen) atoms. The van der Waals surface area contributed by atoms with E-state index in [0.29, 0.717) is 12.3 Å². The van der Waals surface area contributed by atoms with E-state index < -0.39 is 0 Å². The summed E-state index contributed by atoms with van der Waals surface area (Å²) in [5, 5.41) is 11.9. The van der Waals surface area contributed by atoms with E-state index in [1.165, 1.54) is 11.8 Å². The minimum Gasteiger partial charge on any atom is -0.376 e. The number of ether oxygens (including phenoxy) is 1. The van der Waals surface area contributed by atoms with Gasteiger partial charge in [0, 0.05) is 18.8 Å². The summed E-state index contributed by atoms with van der Waals surface area (Å²) in [6.07, 6.45) is 2.27. The Morgan fingerprint density at radius 1 is 1.39 bits per heavy atom. The summed E-state index contributed by atoms with van der Waals surface area (Å²) in [5.41, 5.74) is 0.997. The predicted molar refractivity (Wildman–Crippen MR) is 88.8 cm³/mol. The maximum absolute atomic E-state index is 12.0. The van der Waals surface area contributed by atoms with E-state index in [1.54, 1.807) is 0 Å². The van der Waals surface area contributed by atoms with Crippen molar-refractivity contribution < 1.29 is 9.53 Å². The first kappa shape index (κ1) is 16.0. The van der Waals surface area contributed by atoms with Crippen LogP contribution in [0.15, 0.2) is 35.5 Å². The monoisotopic (exact) mass is 332 g/mol. The molecule has 1 aliphatic rings. The molecule has 1 aromatic carbocycles. The highest BCUT2D eigenvalue weighted by atomic mass is 32.2. The fraction of sp³-hybridized carbons (Fsp3) is 0.438. The Morgan fingerprint density at radius 3 is 2.96 bits per heavy atom. The van der Waals surface area contributed by atoms with Crippen molar-refractivity contribution >= 4 is 17.7 Å². The largest absolute Gasteiger partial charge is 0.376 e. The molecule has 1 aliphatic heterocycles. The van der Waals surface area contributed by atoms with Gasteiger partial charge < -0.3 is 10.1 Å². The standard InChI is InChI=1S/C16H20N4O2S/c1-12-18-19-16(20(12)13-6-3-2-4-7-13)23-11-15(21)17-10-14-8-5-9-22-14/h2-4,6-7,14H,5,8-11H2,1H3,(H,17,21)/t14-/m0/s1. The number of nitrogens with one attached hydrogen (secondary N) is 1. The van der Waals surface area contributed by atoms with E-state index in [0.717, 1.165) is 36.1 Å². The summed E-state index contributed by atoms with van der Waals surface area (Å²) >= 11 is 1.39. The van der Waals surface area contributed by atoms with Gasteiger partial charge in [-0.25, -0.2) is 0 Å². The third-order valence-corrected chi connectivity index (χ3v) is 4.62. The van der Waals surface area contributed by atoms with Crippen LogP contribution < -0.4 is 5.32 Å². The molecule has 7 heteroatoms. The van der Waals surface area contributed by atoms with Crippen LogP contribution in [0.25, 0.3) is 5.69 Å². The first-order chi connectivity index (χ1) is 11.2. The van der Waals surface area contributed by atoms with Crippen molar-refractivity contribution in [1.82, 2.24) is 20.1 Å². The van der Waals surface area contributed by atoms with Crippen LogP contribution in [0.5, 0.6) is 0 Å². The Labute approximate surface area is 139 Å². The molecule has 122 valence electrons. The van der Waals surface area contributed by atoms with Gasteiger partial charge in [-0.1, -0.05) is 30.0 Å². The zero-order chi connectivity index (χ0) is 16.1. The van der Waals surface area contributed by atoms with Crippen LogP contribution >= 0.6 is 11.8 Å². The Bertz CT molecular complexity index is 653. The summed E-state index contributed by atoms with van der Waals surface area (Å²) in [5.74, 6) is 1.11. The van der Waals surface area contributed by atoms with Gasteiger partial charge in [0.05, 0.1) is 11.9 Å². The molecule has 2 aromatic rings. The molecule has 0 unspecified atom stereocenters. The number of thioether (sulfide) groups is 1. The van der Waals surface area contributed by atoms with Crippen LogP contribution in [-0.2, 0) is 9.53 Å². The number of hydrogen-bond donors (Lipinski definition) is 1. The summed E-state index contributed by atoms with van der Waals surface area (Å²) in [6.45, 7) is 3.29. The number of aryl methyl sites for hydroxylation is 1. The van der Waals surface area contributed by atoms with Crippen molar-refractivity contribution in [2.24, 2.45) is 0 Å². The highest BCUT2D eigenvalue weighted by Gasteiger charge is 2.17. The van der Waals surface area contributed by atoms with Gasteiger partial charge in [-0.3, -0.25) is 9.36 Å². The first-order valence-corrected chi connectivity index (χ1v) is 8.71. The molecule has 0 saturated carbocycles. The van der Waals surface area contributed by atoms with Gasteiger partial charge in [0.15, 0.2) is 5.16 Å². The Hall–Kier alpha value is -1.86. The molecule has 1 atom stereocenters. The minimum atomic E-state index is -0.00855. The van der Waals surface area contributed by atoms with Crippen molar-refractivity contribution in [3.8, 4) is 5.69 Å². The number of carbonyl (C=O) groups excluding carboxylic acids is 1. The smallest absolute Gasteiger partial charge is 0.230 e. The number of rotatable bonds is 6. The van der Waals surface area contributed by atoms with Crippen LogP contribution in [0.3, 0.4) is 0 Å². The van der Waals surface area contributed by atoms with Crippen molar-refractivity contribution in [2.45, 2.75) is 31.0 Å². The molecule has 6 nitrogen and oxygen atoms in total. The van der Waals surface area contributed by atoms with Gasteiger partial charge in [-0.15, -0.1) is 10.2 Å². The molecule has 2 heterocycles. The Kier molecular flexibility index (Phi) is 5.30. The quantitative estimate of drug-likeness (QED) is 0.819. The predicted octanol–water partition coefficient (Wildman–Crippen LogP) is 1.96. The summed E-state index contributed by atoms with van der Waals surface area (Å²) < 4.78 is 7.45. The van der Waals surface area contributed by atoms with Crippen molar-refractivity contribution in [2.75, 3.05) is 18.9 Å². The topological polar surface area (TPSA) is 69.0 Å². The van der Waals surface area contributed by atoms with Gasteiger partial charge in [0.1, 0.15) is 5.82 Å². The molecule has 1 saturated heterocycles. The van der Waals surface area contributed by atoms with Crippen molar-refractivity contribution in [3.63, 3.8) is 0 Å². The molecule has 0 aliphatic carbocycles. The molecule has 1 aromatic heterocycles. The van der Waals surface area contributed by atoms with Crippen LogP contribution in [0, 0.1) is 6.92 Å². The number of carbonyl (C=O) groups is 1. The lowest BCUT2D eigenvalue weighted by molar-refractivity contribution is -0.119. The second kappa shape index (κ2) is 7.61. The van der Waals surface area contributed by atoms with Crippen molar-refractivity contribution in [1.29, 1.82) is 0 Å². The number of nitrogens with zero attached hydrogens (tertiary/aromatic N) is 3. The Morgan fingerprint density at radius 2 is 2.22 bits per heavy atom. The molecular weight excluding hydrogens is 312 g/mol. The fourth-order valence-electron chi connectivity index (χ4n) is 2.52. The second-order valence-corrected chi connectivity index (χ2v) is 6.37. The van der Waals surface area contributed by atoms with E-state index >= 15 is 0 Å². The summed E-state index contributed by atoms with van der Waals surface area (Å²) in [6, 6.07) is 9.90. The number of benzene rings is 1. The zero-order valence-corrected chi connectivity index (χ0v) is 13.9. The lowest BCUT2D eigenvalue weighted by atomic mass is 10.2. The number of aromatic nitrogens is 3. The van der Waals surface area contributed by atoms with E-state index in [-0.39, 0.29) is 12.0 Å². The third-order valence-electron chi connectivity index (χ3n) is 3.69. The van der Waals surface area contributed by atoms with Gasteiger partial charge in [0.25, 0.3) is 0 Å². The molecule has 3 rings (SSSR count). The van der Waals surface area contributed by atoms with E-state index in [1.807, 2.05) is 41.8 Å². The molecular formula is C16H20N4O2S. The van der Waals surface area contributed by atoms with Crippen LogP contribution in [0.1, 0.15) is 18.7 Å². The lowest BCUT2D eigenvalue weighted by Crippen LogP contribution is -2.32. The maximum Gasteiger partial charge on any atom is 0.230 e. The minimum absolute atomic E-state index is 0.00855.